The summed E-state index contributed by atoms with van der Waals surface area (Å²) in [7, 11) is -4.16. The SMILES string of the molecule is Cc1ccc(CN(C(=O)CN(c2cc(Cl)ccc2C)S(=O)(=O)c2ccc(C)cc2)[C@@H](C)C(=O)NC2CCCCC2)cc1. The first-order valence-electron chi connectivity index (χ1n) is 14.5. The number of anilines is 1. The summed E-state index contributed by atoms with van der Waals surface area (Å²) in [5, 5.41) is 3.48. The third-order valence-electron chi connectivity index (χ3n) is 7.92. The maximum Gasteiger partial charge on any atom is 0.264 e. The van der Waals surface area contributed by atoms with Crippen molar-refractivity contribution in [1.29, 1.82) is 0 Å². The van der Waals surface area contributed by atoms with Crippen LogP contribution in [-0.2, 0) is 26.2 Å². The molecule has 3 aromatic carbocycles. The highest BCUT2D eigenvalue weighted by atomic mass is 35.5. The van der Waals surface area contributed by atoms with E-state index < -0.39 is 28.5 Å². The molecule has 42 heavy (non-hydrogen) atoms. The van der Waals surface area contributed by atoms with E-state index in [0.717, 1.165) is 53.1 Å². The molecular weight excluding hydrogens is 570 g/mol. The Bertz CT molecular complexity index is 1500. The normalized spacial score (nSPS) is 14.7. The number of nitrogens with one attached hydrogen (secondary N) is 1. The van der Waals surface area contributed by atoms with Crippen molar-refractivity contribution in [2.45, 2.75) is 83.3 Å². The molecule has 0 saturated heterocycles. The second-order valence-corrected chi connectivity index (χ2v) is 13.6. The number of sulfonamides is 1. The molecule has 9 heteroatoms. The monoisotopic (exact) mass is 609 g/mol. The fourth-order valence-electron chi connectivity index (χ4n) is 5.24. The van der Waals surface area contributed by atoms with E-state index in [2.05, 4.69) is 5.32 Å². The number of halogens is 1. The summed E-state index contributed by atoms with van der Waals surface area (Å²) >= 11 is 6.31. The first-order chi connectivity index (χ1) is 20.0. The zero-order chi connectivity index (χ0) is 30.4. The van der Waals surface area contributed by atoms with E-state index in [4.69, 9.17) is 11.6 Å². The highest BCUT2D eigenvalue weighted by molar-refractivity contribution is 7.92. The van der Waals surface area contributed by atoms with Crippen molar-refractivity contribution in [2.24, 2.45) is 0 Å². The van der Waals surface area contributed by atoms with Crippen LogP contribution in [0.25, 0.3) is 0 Å². The van der Waals surface area contributed by atoms with E-state index in [0.29, 0.717) is 16.3 Å². The summed E-state index contributed by atoms with van der Waals surface area (Å²) in [6.45, 7) is 7.00. The first kappa shape index (κ1) is 31.6. The number of nitrogens with zero attached hydrogens (tertiary/aromatic N) is 2. The third-order valence-corrected chi connectivity index (χ3v) is 9.93. The molecule has 1 saturated carbocycles. The lowest BCUT2D eigenvalue weighted by Gasteiger charge is -2.33. The standard InChI is InChI=1S/C33H40ClN3O4S/c1-23-10-15-27(16-11-23)21-36(26(4)33(39)35-29-8-6-5-7-9-29)32(38)22-37(31-20-28(34)17-14-25(31)3)42(40,41)30-18-12-24(2)13-19-30/h10-20,26,29H,5-9,21-22H2,1-4H3,(H,35,39)/t26-/m0/s1. The number of hydrogen-bond donors (Lipinski definition) is 1. The van der Waals surface area contributed by atoms with Crippen LogP contribution in [0.3, 0.4) is 0 Å². The lowest BCUT2D eigenvalue weighted by atomic mass is 9.95. The number of carbonyl (C=O) groups is 2. The molecular formula is C33H40ClN3O4S. The van der Waals surface area contributed by atoms with Crippen LogP contribution in [0.1, 0.15) is 61.3 Å². The van der Waals surface area contributed by atoms with Crippen LogP contribution in [0.2, 0.25) is 5.02 Å². The van der Waals surface area contributed by atoms with Crippen LogP contribution in [0.15, 0.2) is 71.6 Å². The van der Waals surface area contributed by atoms with Gasteiger partial charge in [-0.05, 0) is 75.9 Å². The molecule has 1 atom stereocenters. The van der Waals surface area contributed by atoms with E-state index in [-0.39, 0.29) is 23.4 Å². The van der Waals surface area contributed by atoms with E-state index in [1.807, 2.05) is 38.1 Å². The zero-order valence-corrected chi connectivity index (χ0v) is 26.3. The Kier molecular flexibility index (Phi) is 10.3. The smallest absolute Gasteiger partial charge is 0.264 e. The Morgan fingerprint density at radius 2 is 1.50 bits per heavy atom. The van der Waals surface area contributed by atoms with E-state index >= 15 is 0 Å². The fourth-order valence-corrected chi connectivity index (χ4v) is 6.88. The van der Waals surface area contributed by atoms with Crippen LogP contribution in [0.4, 0.5) is 5.69 Å². The van der Waals surface area contributed by atoms with Gasteiger partial charge in [-0.1, -0.05) is 84.5 Å². The van der Waals surface area contributed by atoms with Gasteiger partial charge >= 0.3 is 0 Å². The van der Waals surface area contributed by atoms with Gasteiger partial charge < -0.3 is 10.2 Å². The van der Waals surface area contributed by atoms with Crippen molar-refractivity contribution in [3.63, 3.8) is 0 Å². The largest absolute Gasteiger partial charge is 0.352 e. The number of rotatable bonds is 10. The third kappa shape index (κ3) is 7.72. The molecule has 0 spiro atoms. The quantitative estimate of drug-likeness (QED) is 0.291. The molecule has 0 aromatic heterocycles. The highest BCUT2D eigenvalue weighted by Gasteiger charge is 2.34. The second-order valence-electron chi connectivity index (χ2n) is 11.3. The van der Waals surface area contributed by atoms with Crippen molar-refractivity contribution < 1.29 is 18.0 Å². The lowest BCUT2D eigenvalue weighted by Crippen LogP contribution is -2.53. The van der Waals surface area contributed by atoms with Crippen molar-refractivity contribution in [1.82, 2.24) is 10.2 Å². The van der Waals surface area contributed by atoms with E-state index in [1.165, 1.54) is 17.0 Å². The van der Waals surface area contributed by atoms with Crippen molar-refractivity contribution in [3.8, 4) is 0 Å². The van der Waals surface area contributed by atoms with Gasteiger partial charge in [0.2, 0.25) is 11.8 Å². The number of hydrogen-bond acceptors (Lipinski definition) is 4. The minimum absolute atomic E-state index is 0.0634. The lowest BCUT2D eigenvalue weighted by molar-refractivity contribution is -0.139. The molecule has 224 valence electrons. The summed E-state index contributed by atoms with van der Waals surface area (Å²) in [4.78, 5) is 29.2. The fraction of sp³-hybridized carbons (Fsp3) is 0.394. The van der Waals surface area contributed by atoms with E-state index in [1.54, 1.807) is 44.2 Å². The molecule has 7 nitrogen and oxygen atoms in total. The van der Waals surface area contributed by atoms with Gasteiger partial charge in [0.05, 0.1) is 10.6 Å². The molecule has 0 aliphatic heterocycles. The second kappa shape index (κ2) is 13.7. The van der Waals surface area contributed by atoms with Crippen LogP contribution >= 0.6 is 11.6 Å². The summed E-state index contributed by atoms with van der Waals surface area (Å²) in [5.74, 6) is -0.730. The van der Waals surface area contributed by atoms with Crippen molar-refractivity contribution in [3.05, 3.63) is 94.0 Å². The summed E-state index contributed by atoms with van der Waals surface area (Å²) in [6, 6.07) is 18.5. The average molecular weight is 610 g/mol. The molecule has 0 radical (unpaired) electrons. The van der Waals surface area contributed by atoms with Crippen LogP contribution in [-0.4, -0.2) is 43.8 Å². The minimum atomic E-state index is -4.16. The van der Waals surface area contributed by atoms with Gasteiger partial charge in [-0.15, -0.1) is 0 Å². The predicted molar refractivity (Wildman–Crippen MR) is 168 cm³/mol. The minimum Gasteiger partial charge on any atom is -0.352 e. The Balaban J connectivity index is 1.70. The number of aryl methyl sites for hydroxylation is 3. The van der Waals surface area contributed by atoms with Gasteiger partial charge in [-0.25, -0.2) is 8.42 Å². The Labute approximate surface area is 254 Å². The van der Waals surface area contributed by atoms with Crippen LogP contribution in [0.5, 0.6) is 0 Å². The van der Waals surface area contributed by atoms with Gasteiger partial charge in [-0.3, -0.25) is 13.9 Å². The topological polar surface area (TPSA) is 86.8 Å². The molecule has 2 amide bonds. The van der Waals surface area contributed by atoms with Crippen LogP contribution in [0, 0.1) is 20.8 Å². The number of benzene rings is 3. The predicted octanol–water partition coefficient (Wildman–Crippen LogP) is 6.33. The number of carbonyl (C=O) groups excluding carboxylic acids is 2. The van der Waals surface area contributed by atoms with E-state index in [9.17, 15) is 18.0 Å². The van der Waals surface area contributed by atoms with Gasteiger partial charge in [0, 0.05) is 17.6 Å². The molecule has 0 bridgehead atoms. The maximum atomic E-state index is 14.2. The summed E-state index contributed by atoms with van der Waals surface area (Å²) < 4.78 is 29.2. The van der Waals surface area contributed by atoms with Gasteiger partial charge in [0.25, 0.3) is 10.0 Å². The van der Waals surface area contributed by atoms with Gasteiger partial charge in [0.15, 0.2) is 0 Å². The molecule has 1 N–H and O–H groups in total. The highest BCUT2D eigenvalue weighted by Crippen LogP contribution is 2.30. The molecule has 1 aliphatic carbocycles. The van der Waals surface area contributed by atoms with Crippen molar-refractivity contribution >= 4 is 39.1 Å². The molecule has 0 unspecified atom stereocenters. The van der Waals surface area contributed by atoms with Gasteiger partial charge in [0.1, 0.15) is 12.6 Å². The molecule has 4 rings (SSSR count). The first-order valence-corrected chi connectivity index (χ1v) is 16.3. The Hall–Kier alpha value is -3.36. The molecule has 1 aliphatic rings. The molecule has 0 heterocycles. The number of amides is 2. The average Bonchev–Trinajstić information content (AvgIpc) is 2.97. The summed E-state index contributed by atoms with van der Waals surface area (Å²) in [5.41, 5.74) is 3.80. The maximum absolute atomic E-state index is 14.2. The van der Waals surface area contributed by atoms with Gasteiger partial charge in [-0.2, -0.15) is 0 Å². The molecule has 3 aromatic rings. The van der Waals surface area contributed by atoms with Crippen LogP contribution < -0.4 is 9.62 Å². The van der Waals surface area contributed by atoms with Crippen molar-refractivity contribution in [2.75, 3.05) is 10.8 Å². The summed E-state index contributed by atoms with van der Waals surface area (Å²) in [6.07, 6.45) is 5.13. The Morgan fingerprint density at radius 1 is 0.905 bits per heavy atom. The zero-order valence-electron chi connectivity index (χ0n) is 24.8. The molecule has 1 fully saturated rings. The Morgan fingerprint density at radius 3 is 2.12 bits per heavy atom.